The molecule has 5 nitrogen and oxygen atoms in total. The number of carbonyl (C=O) groups excluding carboxylic acids is 1. The first kappa shape index (κ1) is 14.6. The SMILES string of the molecule is CCCc1ncc(C(=O)NCC(C)CC(=O)O)s1. The molecule has 1 aromatic heterocycles. The van der Waals surface area contributed by atoms with E-state index in [0.29, 0.717) is 11.4 Å². The Hall–Kier alpha value is -1.43. The summed E-state index contributed by atoms with van der Waals surface area (Å²) in [6, 6.07) is 0. The summed E-state index contributed by atoms with van der Waals surface area (Å²) in [6.07, 6.45) is 3.52. The zero-order valence-electron chi connectivity index (χ0n) is 10.6. The van der Waals surface area contributed by atoms with Crippen molar-refractivity contribution in [3.63, 3.8) is 0 Å². The molecule has 18 heavy (non-hydrogen) atoms. The summed E-state index contributed by atoms with van der Waals surface area (Å²) in [7, 11) is 0. The maximum atomic E-state index is 11.8. The molecule has 0 aromatic carbocycles. The third-order valence-electron chi connectivity index (χ3n) is 2.38. The molecule has 0 aliphatic heterocycles. The summed E-state index contributed by atoms with van der Waals surface area (Å²) in [4.78, 5) is 27.0. The summed E-state index contributed by atoms with van der Waals surface area (Å²) in [6.45, 7) is 4.23. The maximum Gasteiger partial charge on any atom is 0.303 e. The molecule has 2 N–H and O–H groups in total. The van der Waals surface area contributed by atoms with E-state index in [-0.39, 0.29) is 18.2 Å². The first-order valence-corrected chi connectivity index (χ1v) is 6.79. The van der Waals surface area contributed by atoms with Gasteiger partial charge in [0.15, 0.2) is 0 Å². The Morgan fingerprint density at radius 1 is 1.56 bits per heavy atom. The number of hydrogen-bond donors (Lipinski definition) is 2. The van der Waals surface area contributed by atoms with Crippen molar-refractivity contribution in [3.05, 3.63) is 16.1 Å². The van der Waals surface area contributed by atoms with Crippen LogP contribution >= 0.6 is 11.3 Å². The number of carboxylic acid groups (broad SMARTS) is 1. The molecule has 1 amide bonds. The fraction of sp³-hybridized carbons (Fsp3) is 0.583. The predicted molar refractivity (Wildman–Crippen MR) is 69.9 cm³/mol. The number of aliphatic carboxylic acids is 1. The first-order chi connectivity index (χ1) is 8.52. The van der Waals surface area contributed by atoms with E-state index in [1.807, 2.05) is 0 Å². The van der Waals surface area contributed by atoms with Crippen molar-refractivity contribution in [1.82, 2.24) is 10.3 Å². The third-order valence-corrected chi connectivity index (χ3v) is 3.43. The smallest absolute Gasteiger partial charge is 0.303 e. The van der Waals surface area contributed by atoms with Crippen LogP contribution in [0.25, 0.3) is 0 Å². The van der Waals surface area contributed by atoms with Crippen molar-refractivity contribution in [2.24, 2.45) is 5.92 Å². The van der Waals surface area contributed by atoms with Gasteiger partial charge in [-0.25, -0.2) is 4.98 Å². The minimum absolute atomic E-state index is 0.0596. The van der Waals surface area contributed by atoms with E-state index in [1.165, 1.54) is 11.3 Å². The van der Waals surface area contributed by atoms with Gasteiger partial charge < -0.3 is 10.4 Å². The first-order valence-electron chi connectivity index (χ1n) is 5.97. The van der Waals surface area contributed by atoms with Gasteiger partial charge in [0, 0.05) is 13.0 Å². The molecule has 100 valence electrons. The largest absolute Gasteiger partial charge is 0.481 e. The van der Waals surface area contributed by atoms with Crippen molar-refractivity contribution >= 4 is 23.2 Å². The van der Waals surface area contributed by atoms with Gasteiger partial charge in [-0.1, -0.05) is 13.8 Å². The Morgan fingerprint density at radius 3 is 2.89 bits per heavy atom. The lowest BCUT2D eigenvalue weighted by molar-refractivity contribution is -0.137. The summed E-state index contributed by atoms with van der Waals surface area (Å²) in [5, 5.41) is 12.3. The number of rotatable bonds is 7. The topological polar surface area (TPSA) is 79.3 Å². The molecule has 0 aliphatic carbocycles. The summed E-state index contributed by atoms with van der Waals surface area (Å²) in [5.41, 5.74) is 0. The highest BCUT2D eigenvalue weighted by Crippen LogP contribution is 2.14. The molecule has 0 bridgehead atoms. The number of thiazole rings is 1. The molecule has 6 heteroatoms. The van der Waals surface area contributed by atoms with Crippen LogP contribution in [0.4, 0.5) is 0 Å². The van der Waals surface area contributed by atoms with Crippen LogP contribution in [0, 0.1) is 5.92 Å². The second-order valence-corrected chi connectivity index (χ2v) is 5.40. The van der Waals surface area contributed by atoms with Crippen molar-refractivity contribution in [2.45, 2.75) is 33.1 Å². The van der Waals surface area contributed by atoms with Crippen molar-refractivity contribution < 1.29 is 14.7 Å². The van der Waals surface area contributed by atoms with Gasteiger partial charge in [-0.05, 0) is 18.8 Å². The molecule has 0 saturated heterocycles. The molecule has 1 heterocycles. The average molecular weight is 270 g/mol. The third kappa shape index (κ3) is 4.83. The minimum Gasteiger partial charge on any atom is -0.481 e. The molecule has 0 aliphatic rings. The molecule has 0 saturated carbocycles. The summed E-state index contributed by atoms with van der Waals surface area (Å²) in [5.74, 6) is -1.10. The number of nitrogens with zero attached hydrogens (tertiary/aromatic N) is 1. The van der Waals surface area contributed by atoms with Crippen LogP contribution in [0.5, 0.6) is 0 Å². The lowest BCUT2D eigenvalue weighted by atomic mass is 10.1. The van der Waals surface area contributed by atoms with Crippen molar-refractivity contribution in [1.29, 1.82) is 0 Å². The van der Waals surface area contributed by atoms with Crippen molar-refractivity contribution in [3.8, 4) is 0 Å². The van der Waals surface area contributed by atoms with E-state index in [1.54, 1.807) is 13.1 Å². The van der Waals surface area contributed by atoms with Gasteiger partial charge in [0.1, 0.15) is 4.88 Å². The zero-order chi connectivity index (χ0) is 13.5. The van der Waals surface area contributed by atoms with Gasteiger partial charge >= 0.3 is 5.97 Å². The summed E-state index contributed by atoms with van der Waals surface area (Å²) < 4.78 is 0. The lowest BCUT2D eigenvalue weighted by Crippen LogP contribution is -2.28. The Balaban J connectivity index is 2.42. The standard InChI is InChI=1S/C12H18N2O3S/c1-3-4-10-13-7-9(18-10)12(17)14-6-8(2)5-11(15)16/h7-8H,3-6H2,1-2H3,(H,14,17)(H,15,16). The Bertz CT molecular complexity index is 417. The average Bonchev–Trinajstić information content (AvgIpc) is 2.74. The summed E-state index contributed by atoms with van der Waals surface area (Å²) >= 11 is 1.39. The number of carboxylic acids is 1. The molecular weight excluding hydrogens is 252 g/mol. The van der Waals surface area contributed by atoms with E-state index in [4.69, 9.17) is 5.11 Å². The zero-order valence-corrected chi connectivity index (χ0v) is 11.4. The molecular formula is C12H18N2O3S. The fourth-order valence-corrected chi connectivity index (χ4v) is 2.40. The van der Waals surface area contributed by atoms with Crippen LogP contribution in [-0.2, 0) is 11.2 Å². The molecule has 1 rings (SSSR count). The highest BCUT2D eigenvalue weighted by Gasteiger charge is 2.13. The van der Waals surface area contributed by atoms with E-state index in [9.17, 15) is 9.59 Å². The quantitative estimate of drug-likeness (QED) is 0.793. The number of aryl methyl sites for hydroxylation is 1. The molecule has 0 radical (unpaired) electrons. The lowest BCUT2D eigenvalue weighted by Gasteiger charge is -2.09. The van der Waals surface area contributed by atoms with Gasteiger partial charge in [0.05, 0.1) is 11.2 Å². The number of nitrogens with one attached hydrogen (secondary N) is 1. The van der Waals surface area contributed by atoms with Gasteiger partial charge in [-0.2, -0.15) is 0 Å². The Kier molecular flexibility index (Phi) is 5.77. The van der Waals surface area contributed by atoms with Crippen LogP contribution in [0.15, 0.2) is 6.20 Å². The van der Waals surface area contributed by atoms with E-state index >= 15 is 0 Å². The maximum absolute atomic E-state index is 11.8. The van der Waals surface area contributed by atoms with E-state index in [0.717, 1.165) is 17.8 Å². The van der Waals surface area contributed by atoms with Gasteiger partial charge in [0.25, 0.3) is 5.91 Å². The number of amides is 1. The molecule has 0 fully saturated rings. The van der Waals surface area contributed by atoms with Crippen LogP contribution in [-0.4, -0.2) is 28.5 Å². The van der Waals surface area contributed by atoms with Crippen LogP contribution < -0.4 is 5.32 Å². The Labute approximate surface area is 110 Å². The number of hydrogen-bond acceptors (Lipinski definition) is 4. The molecule has 1 atom stereocenters. The highest BCUT2D eigenvalue weighted by molar-refractivity contribution is 7.13. The van der Waals surface area contributed by atoms with Crippen LogP contribution in [0.3, 0.4) is 0 Å². The fourth-order valence-electron chi connectivity index (χ4n) is 1.47. The van der Waals surface area contributed by atoms with Crippen LogP contribution in [0.1, 0.15) is 41.4 Å². The normalized spacial score (nSPS) is 12.1. The minimum atomic E-state index is -0.847. The Morgan fingerprint density at radius 2 is 2.28 bits per heavy atom. The predicted octanol–water partition coefficient (Wildman–Crippen LogP) is 1.94. The van der Waals surface area contributed by atoms with E-state index < -0.39 is 5.97 Å². The van der Waals surface area contributed by atoms with Gasteiger partial charge in [-0.3, -0.25) is 9.59 Å². The van der Waals surface area contributed by atoms with Gasteiger partial charge in [-0.15, -0.1) is 11.3 Å². The molecule has 0 spiro atoms. The van der Waals surface area contributed by atoms with Crippen molar-refractivity contribution in [2.75, 3.05) is 6.54 Å². The molecule has 1 aromatic rings. The van der Waals surface area contributed by atoms with Gasteiger partial charge in [0.2, 0.25) is 0 Å². The molecule has 1 unspecified atom stereocenters. The van der Waals surface area contributed by atoms with E-state index in [2.05, 4.69) is 17.2 Å². The second kappa shape index (κ2) is 7.10. The van der Waals surface area contributed by atoms with Crippen LogP contribution in [0.2, 0.25) is 0 Å². The monoisotopic (exact) mass is 270 g/mol. The highest BCUT2D eigenvalue weighted by atomic mass is 32.1. The number of carbonyl (C=O) groups is 2. The second-order valence-electron chi connectivity index (χ2n) is 4.28. The number of aromatic nitrogens is 1.